The van der Waals surface area contributed by atoms with Crippen molar-refractivity contribution in [3.8, 4) is 0 Å². The molecule has 1 aromatic heterocycles. The maximum atomic E-state index is 11.7. The third kappa shape index (κ3) is 3.52. The Balaban J connectivity index is 3.04. The summed E-state index contributed by atoms with van der Waals surface area (Å²) in [6.07, 6.45) is 0.0593. The summed E-state index contributed by atoms with van der Waals surface area (Å²) in [5, 5.41) is 0.559. The summed E-state index contributed by atoms with van der Waals surface area (Å²) < 4.78 is 4.93. The Hall–Kier alpha value is -1.43. The van der Waals surface area contributed by atoms with E-state index in [1.165, 1.54) is 11.3 Å². The van der Waals surface area contributed by atoms with Gasteiger partial charge in [0.25, 0.3) is 0 Å². The van der Waals surface area contributed by atoms with Gasteiger partial charge in [-0.1, -0.05) is 13.8 Å². The van der Waals surface area contributed by atoms with Crippen molar-refractivity contribution in [1.82, 2.24) is 4.98 Å². The highest BCUT2D eigenvalue weighted by Gasteiger charge is 2.21. The molecule has 0 aromatic carbocycles. The van der Waals surface area contributed by atoms with Gasteiger partial charge in [0.1, 0.15) is 5.01 Å². The predicted molar refractivity (Wildman–Crippen MR) is 65.1 cm³/mol. The third-order valence-electron chi connectivity index (χ3n) is 2.02. The summed E-state index contributed by atoms with van der Waals surface area (Å²) in [5.41, 5.74) is 5.41. The highest BCUT2D eigenvalue weighted by Crippen LogP contribution is 2.27. The second-order valence-corrected chi connectivity index (χ2v) is 4.95. The summed E-state index contributed by atoms with van der Waals surface area (Å²) >= 11 is 1.34. The van der Waals surface area contributed by atoms with Gasteiger partial charge in [-0.25, -0.2) is 9.78 Å². The Morgan fingerprint density at radius 2 is 2.12 bits per heavy atom. The number of primary amides is 1. The minimum atomic E-state index is -0.454. The SMILES string of the molecule is CCOC(=O)c1nc(CC(N)=O)sc1C(C)C. The molecule has 0 aliphatic heterocycles. The highest BCUT2D eigenvalue weighted by molar-refractivity contribution is 7.12. The molecule has 0 atom stereocenters. The van der Waals surface area contributed by atoms with E-state index in [0.717, 1.165) is 4.88 Å². The average Bonchev–Trinajstić information content (AvgIpc) is 2.61. The Kier molecular flexibility index (Phi) is 4.62. The van der Waals surface area contributed by atoms with Gasteiger partial charge < -0.3 is 10.5 Å². The smallest absolute Gasteiger partial charge is 0.358 e. The van der Waals surface area contributed by atoms with Crippen LogP contribution in [0, 0.1) is 0 Å². The third-order valence-corrected chi connectivity index (χ3v) is 3.37. The fourth-order valence-corrected chi connectivity index (χ4v) is 2.41. The summed E-state index contributed by atoms with van der Waals surface area (Å²) in [7, 11) is 0. The van der Waals surface area contributed by atoms with Crippen LogP contribution in [0.1, 0.15) is 47.1 Å². The summed E-state index contributed by atoms with van der Waals surface area (Å²) in [5.74, 6) is -0.735. The molecule has 94 valence electrons. The molecule has 0 saturated carbocycles. The number of thiazole rings is 1. The Labute approximate surface area is 104 Å². The number of hydrogen-bond acceptors (Lipinski definition) is 5. The van der Waals surface area contributed by atoms with Crippen LogP contribution in [-0.2, 0) is 16.0 Å². The van der Waals surface area contributed by atoms with E-state index in [0.29, 0.717) is 17.3 Å². The van der Waals surface area contributed by atoms with E-state index in [4.69, 9.17) is 10.5 Å². The summed E-state index contributed by atoms with van der Waals surface area (Å²) in [6, 6.07) is 0. The zero-order valence-corrected chi connectivity index (χ0v) is 11.0. The van der Waals surface area contributed by atoms with E-state index in [1.807, 2.05) is 13.8 Å². The molecule has 0 aliphatic rings. The number of nitrogens with zero attached hydrogens (tertiary/aromatic N) is 1. The molecule has 0 radical (unpaired) electrons. The average molecular weight is 256 g/mol. The molecule has 0 spiro atoms. The van der Waals surface area contributed by atoms with Crippen LogP contribution in [0.4, 0.5) is 0 Å². The van der Waals surface area contributed by atoms with Crippen molar-refractivity contribution in [3.63, 3.8) is 0 Å². The number of carbonyl (C=O) groups excluding carboxylic acids is 2. The first kappa shape index (κ1) is 13.6. The van der Waals surface area contributed by atoms with Crippen molar-refractivity contribution in [2.45, 2.75) is 33.1 Å². The summed E-state index contributed by atoms with van der Waals surface area (Å²) in [6.45, 7) is 5.97. The molecule has 0 aliphatic carbocycles. The zero-order valence-electron chi connectivity index (χ0n) is 10.1. The molecule has 17 heavy (non-hydrogen) atoms. The number of amides is 1. The van der Waals surface area contributed by atoms with Gasteiger partial charge in [-0.15, -0.1) is 11.3 Å². The number of ether oxygens (including phenoxy) is 1. The largest absolute Gasteiger partial charge is 0.461 e. The van der Waals surface area contributed by atoms with Crippen molar-refractivity contribution >= 4 is 23.2 Å². The maximum absolute atomic E-state index is 11.7. The highest BCUT2D eigenvalue weighted by atomic mass is 32.1. The maximum Gasteiger partial charge on any atom is 0.358 e. The van der Waals surface area contributed by atoms with Gasteiger partial charge in [0.2, 0.25) is 5.91 Å². The van der Waals surface area contributed by atoms with Crippen LogP contribution >= 0.6 is 11.3 Å². The molecular formula is C11H16N2O3S. The second-order valence-electron chi connectivity index (χ2n) is 3.84. The normalized spacial score (nSPS) is 10.6. The predicted octanol–water partition coefficient (Wildman–Crippen LogP) is 1.47. The molecule has 0 bridgehead atoms. The Morgan fingerprint density at radius 1 is 1.47 bits per heavy atom. The van der Waals surface area contributed by atoms with Gasteiger partial charge in [-0.3, -0.25) is 4.79 Å². The first-order valence-corrected chi connectivity index (χ1v) is 6.22. The molecular weight excluding hydrogens is 240 g/mol. The number of carbonyl (C=O) groups is 2. The molecule has 0 unspecified atom stereocenters. The number of hydrogen-bond donors (Lipinski definition) is 1. The molecule has 1 rings (SSSR count). The van der Waals surface area contributed by atoms with E-state index in [9.17, 15) is 9.59 Å². The van der Waals surface area contributed by atoms with Crippen LogP contribution in [0.3, 0.4) is 0 Å². The van der Waals surface area contributed by atoms with Gasteiger partial charge >= 0.3 is 5.97 Å². The molecule has 2 N–H and O–H groups in total. The molecule has 0 fully saturated rings. The number of esters is 1. The van der Waals surface area contributed by atoms with E-state index in [-0.39, 0.29) is 12.3 Å². The fraction of sp³-hybridized carbons (Fsp3) is 0.545. The lowest BCUT2D eigenvalue weighted by Crippen LogP contribution is -2.14. The molecule has 6 heteroatoms. The molecule has 1 amide bonds. The summed E-state index contributed by atoms with van der Waals surface area (Å²) in [4.78, 5) is 27.5. The first-order chi connectivity index (χ1) is 7.95. The van der Waals surface area contributed by atoms with Gasteiger partial charge in [-0.2, -0.15) is 0 Å². The lowest BCUT2D eigenvalue weighted by Gasteiger charge is -2.03. The van der Waals surface area contributed by atoms with Crippen LogP contribution in [0.15, 0.2) is 0 Å². The number of rotatable bonds is 5. The van der Waals surface area contributed by atoms with Crippen LogP contribution in [0.5, 0.6) is 0 Å². The second kappa shape index (κ2) is 5.77. The van der Waals surface area contributed by atoms with Gasteiger partial charge in [0.15, 0.2) is 5.69 Å². The van der Waals surface area contributed by atoms with Crippen molar-refractivity contribution in [2.75, 3.05) is 6.61 Å². The number of aromatic nitrogens is 1. The number of nitrogens with two attached hydrogens (primary N) is 1. The van der Waals surface area contributed by atoms with Crippen LogP contribution in [-0.4, -0.2) is 23.5 Å². The lowest BCUT2D eigenvalue weighted by molar-refractivity contribution is -0.117. The topological polar surface area (TPSA) is 82.3 Å². The van der Waals surface area contributed by atoms with Crippen molar-refractivity contribution in [1.29, 1.82) is 0 Å². The quantitative estimate of drug-likeness (QED) is 0.809. The molecule has 0 saturated heterocycles. The van der Waals surface area contributed by atoms with Crippen LogP contribution in [0.25, 0.3) is 0 Å². The fourth-order valence-electron chi connectivity index (χ4n) is 1.34. The van der Waals surface area contributed by atoms with Crippen molar-refractivity contribution < 1.29 is 14.3 Å². The lowest BCUT2D eigenvalue weighted by atomic mass is 10.1. The van der Waals surface area contributed by atoms with Crippen molar-refractivity contribution in [3.05, 3.63) is 15.6 Å². The van der Waals surface area contributed by atoms with E-state index < -0.39 is 11.9 Å². The minimum absolute atomic E-state index is 0.0593. The monoisotopic (exact) mass is 256 g/mol. The van der Waals surface area contributed by atoms with Gasteiger partial charge in [0.05, 0.1) is 13.0 Å². The van der Waals surface area contributed by atoms with Gasteiger partial charge in [0, 0.05) is 4.88 Å². The van der Waals surface area contributed by atoms with E-state index in [2.05, 4.69) is 4.98 Å². The minimum Gasteiger partial charge on any atom is -0.461 e. The van der Waals surface area contributed by atoms with Crippen molar-refractivity contribution in [2.24, 2.45) is 5.73 Å². The first-order valence-electron chi connectivity index (χ1n) is 5.40. The Morgan fingerprint density at radius 3 is 2.59 bits per heavy atom. The molecule has 5 nitrogen and oxygen atoms in total. The van der Waals surface area contributed by atoms with Gasteiger partial charge in [-0.05, 0) is 12.8 Å². The molecule has 1 heterocycles. The molecule has 1 aromatic rings. The van der Waals surface area contributed by atoms with E-state index in [1.54, 1.807) is 6.92 Å². The standard InChI is InChI=1S/C11H16N2O3S/c1-4-16-11(15)9-10(6(2)3)17-8(13-9)5-7(12)14/h6H,4-5H2,1-3H3,(H2,12,14). The van der Waals surface area contributed by atoms with Crippen LogP contribution < -0.4 is 5.73 Å². The van der Waals surface area contributed by atoms with E-state index >= 15 is 0 Å². The zero-order chi connectivity index (χ0) is 13.0. The van der Waals surface area contributed by atoms with Crippen LogP contribution in [0.2, 0.25) is 0 Å². The Bertz CT molecular complexity index is 426.